The molecule has 59 heavy (non-hydrogen) atoms. The third-order valence-electron chi connectivity index (χ3n) is 12.7. The fraction of sp³-hybridized carbons (Fsp3) is 0.0545. The second-order valence-electron chi connectivity index (χ2n) is 16.3. The van der Waals surface area contributed by atoms with Gasteiger partial charge in [-0.05, 0) is 105 Å². The van der Waals surface area contributed by atoms with Crippen LogP contribution in [0.25, 0.3) is 99.8 Å². The van der Waals surface area contributed by atoms with E-state index in [1.807, 2.05) is 12.4 Å². The zero-order chi connectivity index (χ0) is 39.2. The van der Waals surface area contributed by atoms with Crippen LogP contribution in [0.2, 0.25) is 0 Å². The molecule has 0 spiro atoms. The Bertz CT molecular complexity index is 3440. The molecule has 0 bridgehead atoms. The van der Waals surface area contributed by atoms with E-state index in [2.05, 4.69) is 205 Å². The smallest absolute Gasteiger partial charge is 0.234 e. The van der Waals surface area contributed by atoms with E-state index in [9.17, 15) is 0 Å². The Labute approximate surface area is 342 Å². The van der Waals surface area contributed by atoms with Gasteiger partial charge in [0.25, 0.3) is 0 Å². The average Bonchev–Trinajstić information content (AvgIpc) is 3.89. The molecule has 0 unspecified atom stereocenters. The van der Waals surface area contributed by atoms with Crippen molar-refractivity contribution in [1.82, 2.24) is 19.1 Å². The molecule has 0 saturated carbocycles. The van der Waals surface area contributed by atoms with Crippen molar-refractivity contribution in [3.8, 4) is 56.1 Å². The van der Waals surface area contributed by atoms with E-state index in [-0.39, 0.29) is 5.41 Å². The zero-order valence-electron chi connectivity index (χ0n) is 32.8. The van der Waals surface area contributed by atoms with Gasteiger partial charge in [0.1, 0.15) is 0 Å². The highest BCUT2D eigenvalue weighted by molar-refractivity contribution is 6.12. The number of fused-ring (bicyclic) bond motifs is 9. The summed E-state index contributed by atoms with van der Waals surface area (Å²) in [5.41, 5.74) is 18.0. The minimum absolute atomic E-state index is 0.0267. The normalized spacial score (nSPS) is 13.1. The lowest BCUT2D eigenvalue weighted by Gasteiger charge is -2.22. The highest BCUT2D eigenvalue weighted by Gasteiger charge is 2.35. The molecule has 4 nitrogen and oxygen atoms in total. The summed E-state index contributed by atoms with van der Waals surface area (Å²) in [6.45, 7) is 4.66. The van der Waals surface area contributed by atoms with Crippen molar-refractivity contribution in [3.05, 3.63) is 206 Å². The van der Waals surface area contributed by atoms with Crippen LogP contribution in [0.5, 0.6) is 0 Å². The second-order valence-corrected chi connectivity index (χ2v) is 16.3. The van der Waals surface area contributed by atoms with Crippen molar-refractivity contribution in [2.75, 3.05) is 0 Å². The highest BCUT2D eigenvalue weighted by atomic mass is 15.1. The van der Waals surface area contributed by atoms with Crippen molar-refractivity contribution in [2.24, 2.45) is 0 Å². The lowest BCUT2D eigenvalue weighted by Crippen LogP contribution is -2.14. The zero-order valence-corrected chi connectivity index (χ0v) is 32.8. The van der Waals surface area contributed by atoms with E-state index in [1.54, 1.807) is 0 Å². The van der Waals surface area contributed by atoms with Gasteiger partial charge in [0.15, 0.2) is 0 Å². The molecule has 0 atom stereocenters. The molecular weight excluding hydrogens is 717 g/mol. The summed E-state index contributed by atoms with van der Waals surface area (Å²) in [6, 6.07) is 66.0. The molecule has 11 aromatic rings. The molecule has 1 aliphatic carbocycles. The number of hydrogen-bond acceptors (Lipinski definition) is 2. The molecule has 0 amide bonds. The van der Waals surface area contributed by atoms with Gasteiger partial charge >= 0.3 is 0 Å². The predicted molar refractivity (Wildman–Crippen MR) is 245 cm³/mol. The molecule has 1 aliphatic rings. The van der Waals surface area contributed by atoms with Crippen LogP contribution in [0.1, 0.15) is 25.0 Å². The molecule has 0 N–H and O–H groups in total. The van der Waals surface area contributed by atoms with E-state index in [0.717, 1.165) is 27.8 Å². The van der Waals surface area contributed by atoms with Gasteiger partial charge in [0, 0.05) is 50.6 Å². The van der Waals surface area contributed by atoms with E-state index >= 15 is 0 Å². The van der Waals surface area contributed by atoms with Crippen molar-refractivity contribution >= 4 is 43.6 Å². The Morgan fingerprint density at radius 1 is 0.356 bits per heavy atom. The van der Waals surface area contributed by atoms with Gasteiger partial charge in [-0.1, -0.05) is 141 Å². The van der Waals surface area contributed by atoms with E-state index < -0.39 is 0 Å². The SMILES string of the molecule is CC1(C)c2ccccc2-c2ccc(-c3ccc(-c4cnc(-n5c6ccccc6c6cc(-c7ccc8c(c7)c7ccccc7n8-c7ccccc7)ccc65)nc4)cc3)cc21. The van der Waals surface area contributed by atoms with Crippen LogP contribution in [0.4, 0.5) is 0 Å². The van der Waals surface area contributed by atoms with Crippen LogP contribution in [0, 0.1) is 0 Å². The average molecular weight is 755 g/mol. The summed E-state index contributed by atoms with van der Waals surface area (Å²) < 4.78 is 4.55. The van der Waals surface area contributed by atoms with Crippen molar-refractivity contribution < 1.29 is 0 Å². The Morgan fingerprint density at radius 3 is 1.51 bits per heavy atom. The van der Waals surface area contributed by atoms with Gasteiger partial charge in [-0.2, -0.15) is 0 Å². The lowest BCUT2D eigenvalue weighted by molar-refractivity contribution is 0.660. The molecule has 278 valence electrons. The molecule has 12 rings (SSSR count). The summed E-state index contributed by atoms with van der Waals surface area (Å²) in [4.78, 5) is 9.95. The lowest BCUT2D eigenvalue weighted by atomic mass is 9.81. The molecule has 0 fully saturated rings. The molecule has 3 heterocycles. The van der Waals surface area contributed by atoms with Gasteiger partial charge in [-0.3, -0.25) is 4.57 Å². The highest BCUT2D eigenvalue weighted by Crippen LogP contribution is 2.49. The third kappa shape index (κ3) is 5.09. The standard InChI is InChI=1S/C55H38N4/c1-55(2)48-17-9-6-14-42(48)43-27-24-39(32-49(43)55)35-20-22-36(23-21-35)40-33-56-54(57-34-40)59-51-19-11-8-16-45(51)47-31-38(26-29-53(47)59)37-25-28-52-46(30-37)44-15-7-10-18-50(44)58(52)41-12-4-3-5-13-41/h3-34H,1-2H3. The minimum atomic E-state index is -0.0267. The Morgan fingerprint density at radius 2 is 0.831 bits per heavy atom. The van der Waals surface area contributed by atoms with Crippen molar-refractivity contribution in [3.63, 3.8) is 0 Å². The topological polar surface area (TPSA) is 35.6 Å². The van der Waals surface area contributed by atoms with Gasteiger partial charge in [-0.15, -0.1) is 0 Å². The van der Waals surface area contributed by atoms with E-state index in [4.69, 9.17) is 9.97 Å². The molecule has 4 heteroatoms. The monoisotopic (exact) mass is 754 g/mol. The van der Waals surface area contributed by atoms with Gasteiger partial charge in [0.05, 0.1) is 22.1 Å². The van der Waals surface area contributed by atoms with Crippen LogP contribution < -0.4 is 0 Å². The second kappa shape index (κ2) is 12.7. The van der Waals surface area contributed by atoms with Crippen LogP contribution in [0.15, 0.2) is 194 Å². The number of hydrogen-bond donors (Lipinski definition) is 0. The number of aromatic nitrogens is 4. The fourth-order valence-corrected chi connectivity index (χ4v) is 9.70. The minimum Gasteiger partial charge on any atom is -0.309 e. The summed E-state index contributed by atoms with van der Waals surface area (Å²) in [5, 5.41) is 4.84. The van der Waals surface area contributed by atoms with Crippen LogP contribution >= 0.6 is 0 Å². The molecule has 0 aliphatic heterocycles. The van der Waals surface area contributed by atoms with E-state index in [1.165, 1.54) is 77.1 Å². The quantitative estimate of drug-likeness (QED) is 0.175. The number of rotatable bonds is 5. The number of nitrogens with zero attached hydrogens (tertiary/aromatic N) is 4. The fourth-order valence-electron chi connectivity index (χ4n) is 9.70. The number of benzene rings is 8. The molecule has 8 aromatic carbocycles. The maximum absolute atomic E-state index is 4.97. The Hall–Kier alpha value is -7.56. The first-order chi connectivity index (χ1) is 29.0. The number of para-hydroxylation sites is 3. The summed E-state index contributed by atoms with van der Waals surface area (Å²) >= 11 is 0. The van der Waals surface area contributed by atoms with Crippen molar-refractivity contribution in [1.29, 1.82) is 0 Å². The third-order valence-corrected chi connectivity index (χ3v) is 12.7. The summed E-state index contributed by atoms with van der Waals surface area (Å²) in [6.07, 6.45) is 3.89. The van der Waals surface area contributed by atoms with Crippen LogP contribution in [-0.4, -0.2) is 19.1 Å². The summed E-state index contributed by atoms with van der Waals surface area (Å²) in [5.74, 6) is 0.654. The Balaban J connectivity index is 0.879. The largest absolute Gasteiger partial charge is 0.309 e. The first-order valence-electron chi connectivity index (χ1n) is 20.3. The molecule has 3 aromatic heterocycles. The first kappa shape index (κ1) is 33.6. The van der Waals surface area contributed by atoms with Gasteiger partial charge < -0.3 is 4.57 Å². The van der Waals surface area contributed by atoms with E-state index in [0.29, 0.717) is 5.95 Å². The maximum atomic E-state index is 4.97. The van der Waals surface area contributed by atoms with Crippen molar-refractivity contribution in [2.45, 2.75) is 19.3 Å². The molecular formula is C55H38N4. The van der Waals surface area contributed by atoms with Crippen LogP contribution in [-0.2, 0) is 5.41 Å². The summed E-state index contributed by atoms with van der Waals surface area (Å²) in [7, 11) is 0. The maximum Gasteiger partial charge on any atom is 0.234 e. The molecule has 0 saturated heterocycles. The van der Waals surface area contributed by atoms with Crippen LogP contribution in [0.3, 0.4) is 0 Å². The first-order valence-corrected chi connectivity index (χ1v) is 20.3. The van der Waals surface area contributed by atoms with Gasteiger partial charge in [-0.25, -0.2) is 9.97 Å². The predicted octanol–water partition coefficient (Wildman–Crippen LogP) is 14.0. The molecule has 0 radical (unpaired) electrons. The van der Waals surface area contributed by atoms with Gasteiger partial charge in [0.2, 0.25) is 5.95 Å². The Kier molecular flexibility index (Phi) is 7.24.